The lowest BCUT2D eigenvalue weighted by Crippen LogP contribution is -2.50. The Labute approximate surface area is 108 Å². The molecule has 2 fully saturated rings. The lowest BCUT2D eigenvalue weighted by atomic mass is 10.1. The molecule has 0 heterocycles. The number of aliphatic carboxylic acids is 1. The number of urea groups is 1. The summed E-state index contributed by atoms with van der Waals surface area (Å²) < 4.78 is 0. The third-order valence-electron chi connectivity index (χ3n) is 4.01. The molecule has 18 heavy (non-hydrogen) atoms. The average Bonchev–Trinajstić information content (AvgIpc) is 3.16. The summed E-state index contributed by atoms with van der Waals surface area (Å²) in [6.45, 7) is 1.78. The minimum atomic E-state index is -0.940. The average molecular weight is 254 g/mol. The van der Waals surface area contributed by atoms with Gasteiger partial charge in [-0.1, -0.05) is 6.92 Å². The number of rotatable bonds is 6. The second kappa shape index (κ2) is 5.16. The number of carbonyl (C=O) groups excluding carboxylic acids is 1. The molecule has 1 unspecified atom stereocenters. The van der Waals surface area contributed by atoms with E-state index in [1.165, 1.54) is 30.6 Å². The van der Waals surface area contributed by atoms with Crippen LogP contribution in [0.2, 0.25) is 0 Å². The normalized spacial score (nSPS) is 20.6. The predicted octanol–water partition coefficient (Wildman–Crippen LogP) is 1.68. The first-order chi connectivity index (χ1) is 8.54. The number of amides is 2. The van der Waals surface area contributed by atoms with Gasteiger partial charge >= 0.3 is 12.0 Å². The molecule has 0 spiro atoms. The molecule has 2 aliphatic carbocycles. The van der Waals surface area contributed by atoms with Crippen molar-refractivity contribution in [2.75, 3.05) is 7.05 Å². The molecule has 0 aromatic heterocycles. The van der Waals surface area contributed by atoms with Crippen molar-refractivity contribution in [2.45, 2.75) is 51.1 Å². The Morgan fingerprint density at radius 2 is 1.78 bits per heavy atom. The van der Waals surface area contributed by atoms with Crippen LogP contribution >= 0.6 is 0 Å². The van der Waals surface area contributed by atoms with Crippen molar-refractivity contribution >= 4 is 12.0 Å². The molecule has 2 amide bonds. The Bertz CT molecular complexity index is 325. The van der Waals surface area contributed by atoms with Crippen LogP contribution in [0.15, 0.2) is 0 Å². The summed E-state index contributed by atoms with van der Waals surface area (Å²) in [5, 5.41) is 12.1. The van der Waals surface area contributed by atoms with Crippen molar-refractivity contribution in [2.24, 2.45) is 11.8 Å². The summed E-state index contributed by atoms with van der Waals surface area (Å²) in [6, 6.07) is -0.705. The van der Waals surface area contributed by atoms with Gasteiger partial charge in [-0.2, -0.15) is 0 Å². The fourth-order valence-electron chi connectivity index (χ4n) is 2.53. The summed E-state index contributed by atoms with van der Waals surface area (Å²) in [7, 11) is 1.56. The van der Waals surface area contributed by atoms with E-state index in [4.69, 9.17) is 5.11 Å². The van der Waals surface area contributed by atoms with Crippen LogP contribution in [0.4, 0.5) is 4.79 Å². The maximum Gasteiger partial charge on any atom is 0.326 e. The van der Waals surface area contributed by atoms with Gasteiger partial charge in [0.2, 0.25) is 0 Å². The van der Waals surface area contributed by atoms with E-state index >= 15 is 0 Å². The van der Waals surface area contributed by atoms with E-state index in [2.05, 4.69) is 5.32 Å². The molecule has 1 atom stereocenters. The second-order valence-electron chi connectivity index (χ2n) is 5.52. The third-order valence-corrected chi connectivity index (χ3v) is 4.01. The summed E-state index contributed by atoms with van der Waals surface area (Å²) in [5.41, 5.74) is 0. The van der Waals surface area contributed by atoms with Crippen molar-refractivity contribution in [1.29, 1.82) is 0 Å². The van der Waals surface area contributed by atoms with Crippen molar-refractivity contribution < 1.29 is 14.7 Å². The smallest absolute Gasteiger partial charge is 0.326 e. The number of carboxylic acids is 1. The highest BCUT2D eigenvalue weighted by Gasteiger charge is 2.43. The molecule has 0 radical (unpaired) electrons. The van der Waals surface area contributed by atoms with Crippen LogP contribution < -0.4 is 5.32 Å². The highest BCUT2D eigenvalue weighted by atomic mass is 16.4. The van der Waals surface area contributed by atoms with Crippen molar-refractivity contribution in [1.82, 2.24) is 10.2 Å². The van der Waals surface area contributed by atoms with Gasteiger partial charge in [-0.05, 0) is 43.9 Å². The zero-order valence-corrected chi connectivity index (χ0v) is 11.1. The van der Waals surface area contributed by atoms with Gasteiger partial charge in [-0.15, -0.1) is 0 Å². The molecule has 102 valence electrons. The van der Waals surface area contributed by atoms with Gasteiger partial charge in [0.05, 0.1) is 0 Å². The summed E-state index contributed by atoms with van der Waals surface area (Å²) in [6.07, 6.45) is 5.21. The first kappa shape index (κ1) is 13.2. The highest BCUT2D eigenvalue weighted by Crippen LogP contribution is 2.44. The van der Waals surface area contributed by atoms with E-state index in [1.54, 1.807) is 14.0 Å². The van der Waals surface area contributed by atoms with Gasteiger partial charge in [0.25, 0.3) is 0 Å². The minimum Gasteiger partial charge on any atom is -0.480 e. The number of hydrogen-bond acceptors (Lipinski definition) is 2. The topological polar surface area (TPSA) is 69.6 Å². The molecule has 2 saturated carbocycles. The lowest BCUT2D eigenvalue weighted by molar-refractivity contribution is -0.141. The van der Waals surface area contributed by atoms with E-state index in [1.807, 2.05) is 0 Å². The monoisotopic (exact) mass is 254 g/mol. The number of carboxylic acid groups (broad SMARTS) is 1. The predicted molar refractivity (Wildman–Crippen MR) is 67.2 cm³/mol. The van der Waals surface area contributed by atoms with Crippen molar-refractivity contribution in [3.8, 4) is 0 Å². The SMILES string of the molecule is CCC(C(=O)O)N(C)C(=O)NC(C1CC1)C1CC1. The number of nitrogens with zero attached hydrogens (tertiary/aromatic N) is 1. The van der Waals surface area contributed by atoms with Crippen LogP contribution in [0, 0.1) is 11.8 Å². The lowest BCUT2D eigenvalue weighted by Gasteiger charge is -2.27. The van der Waals surface area contributed by atoms with Crippen LogP contribution in [0.1, 0.15) is 39.0 Å². The fourth-order valence-corrected chi connectivity index (χ4v) is 2.53. The first-order valence-electron chi connectivity index (χ1n) is 6.80. The molecule has 2 aliphatic rings. The van der Waals surface area contributed by atoms with Gasteiger partial charge < -0.3 is 15.3 Å². The first-order valence-corrected chi connectivity index (χ1v) is 6.80. The standard InChI is InChI=1S/C13H22N2O3/c1-3-10(12(16)17)15(2)13(18)14-11(8-4-5-8)9-6-7-9/h8-11H,3-7H2,1-2H3,(H,14,18)(H,16,17). The molecule has 0 saturated heterocycles. The Hall–Kier alpha value is -1.26. The molecule has 5 heteroatoms. The minimum absolute atomic E-state index is 0.243. The van der Waals surface area contributed by atoms with Crippen molar-refractivity contribution in [3.63, 3.8) is 0 Å². The van der Waals surface area contributed by atoms with E-state index in [9.17, 15) is 9.59 Å². The molecule has 5 nitrogen and oxygen atoms in total. The van der Waals surface area contributed by atoms with Crippen LogP contribution in [0.5, 0.6) is 0 Å². The second-order valence-corrected chi connectivity index (χ2v) is 5.52. The maximum atomic E-state index is 12.1. The van der Waals surface area contributed by atoms with Gasteiger partial charge in [0.15, 0.2) is 0 Å². The Balaban J connectivity index is 1.90. The molecule has 2 rings (SSSR count). The Morgan fingerprint density at radius 1 is 1.28 bits per heavy atom. The van der Waals surface area contributed by atoms with E-state index < -0.39 is 12.0 Å². The molecule has 2 N–H and O–H groups in total. The fraction of sp³-hybridized carbons (Fsp3) is 0.846. The Kier molecular flexibility index (Phi) is 3.78. The number of carbonyl (C=O) groups is 2. The highest BCUT2D eigenvalue weighted by molar-refractivity contribution is 5.82. The zero-order valence-electron chi connectivity index (χ0n) is 11.1. The van der Waals surface area contributed by atoms with Crippen LogP contribution in [-0.4, -0.2) is 41.1 Å². The van der Waals surface area contributed by atoms with Gasteiger partial charge in [0, 0.05) is 13.1 Å². The number of likely N-dealkylation sites (N-methyl/N-ethyl adjacent to an activating group) is 1. The summed E-state index contributed by atoms with van der Waals surface area (Å²) in [5.74, 6) is 0.309. The third kappa shape index (κ3) is 2.94. The number of nitrogens with one attached hydrogen (secondary N) is 1. The van der Waals surface area contributed by atoms with E-state index in [0.29, 0.717) is 18.3 Å². The molecule has 0 aromatic rings. The van der Waals surface area contributed by atoms with Crippen LogP contribution in [-0.2, 0) is 4.79 Å². The zero-order chi connectivity index (χ0) is 13.3. The molecule has 0 aromatic carbocycles. The van der Waals surface area contributed by atoms with Crippen LogP contribution in [0.3, 0.4) is 0 Å². The van der Waals surface area contributed by atoms with Crippen LogP contribution in [0.25, 0.3) is 0 Å². The van der Waals surface area contributed by atoms with E-state index in [0.717, 1.165) is 0 Å². The molecule has 0 bridgehead atoms. The molecule has 0 aliphatic heterocycles. The van der Waals surface area contributed by atoms with Gasteiger partial charge in [0.1, 0.15) is 6.04 Å². The molecular weight excluding hydrogens is 232 g/mol. The summed E-state index contributed by atoms with van der Waals surface area (Å²) in [4.78, 5) is 24.4. The molecular formula is C13H22N2O3. The van der Waals surface area contributed by atoms with Crippen molar-refractivity contribution in [3.05, 3.63) is 0 Å². The number of hydrogen-bond donors (Lipinski definition) is 2. The largest absolute Gasteiger partial charge is 0.480 e. The van der Waals surface area contributed by atoms with Gasteiger partial charge in [-0.3, -0.25) is 0 Å². The van der Waals surface area contributed by atoms with Gasteiger partial charge in [-0.25, -0.2) is 9.59 Å². The Morgan fingerprint density at radius 3 is 2.11 bits per heavy atom. The van der Waals surface area contributed by atoms with E-state index in [-0.39, 0.29) is 12.1 Å². The quantitative estimate of drug-likeness (QED) is 0.757. The maximum absolute atomic E-state index is 12.1. The summed E-state index contributed by atoms with van der Waals surface area (Å²) >= 11 is 0.